The molecule has 0 bridgehead atoms. The maximum atomic E-state index is 11.2. The predicted octanol–water partition coefficient (Wildman–Crippen LogP) is 1.61. The van der Waals surface area contributed by atoms with Crippen molar-refractivity contribution in [2.24, 2.45) is 0 Å². The number of benzene rings is 1. The van der Waals surface area contributed by atoms with E-state index in [1.165, 1.54) is 32.4 Å². The largest absolute Gasteiger partial charge is 0.481 e. The van der Waals surface area contributed by atoms with Crippen molar-refractivity contribution in [3.05, 3.63) is 47.3 Å². The second kappa shape index (κ2) is 6.00. The molecule has 0 fully saturated rings. The van der Waals surface area contributed by atoms with Crippen LogP contribution in [0.5, 0.6) is 11.8 Å². The maximum Gasteiger partial charge on any atom is 0.336 e. The fourth-order valence-corrected chi connectivity index (χ4v) is 1.73. The van der Waals surface area contributed by atoms with Crippen LogP contribution >= 0.6 is 0 Å². The molecule has 0 radical (unpaired) electrons. The van der Waals surface area contributed by atoms with E-state index in [1.807, 2.05) is 0 Å². The molecule has 0 unspecified atom stereocenters. The molecule has 0 spiro atoms. The lowest BCUT2D eigenvalue weighted by atomic mass is 10.0. The van der Waals surface area contributed by atoms with Crippen molar-refractivity contribution in [2.75, 3.05) is 14.2 Å². The van der Waals surface area contributed by atoms with Crippen LogP contribution in [0.1, 0.15) is 21.7 Å². The van der Waals surface area contributed by atoms with Gasteiger partial charge in [-0.2, -0.15) is 9.97 Å². The highest BCUT2D eigenvalue weighted by Crippen LogP contribution is 2.18. The second-order valence-corrected chi connectivity index (χ2v) is 4.00. The summed E-state index contributed by atoms with van der Waals surface area (Å²) in [5.41, 5.74) is 0.110. The van der Waals surface area contributed by atoms with E-state index >= 15 is 0 Å². The van der Waals surface area contributed by atoms with E-state index in [0.717, 1.165) is 0 Å². The molecule has 0 atom stereocenters. The lowest BCUT2D eigenvalue weighted by Crippen LogP contribution is -2.13. The maximum absolute atomic E-state index is 11.2. The van der Waals surface area contributed by atoms with Crippen molar-refractivity contribution in [1.29, 1.82) is 5.41 Å². The molecule has 7 nitrogen and oxygen atoms in total. The van der Waals surface area contributed by atoms with Gasteiger partial charge in [-0.15, -0.1) is 0 Å². The number of ether oxygens (including phenoxy) is 2. The summed E-state index contributed by atoms with van der Waals surface area (Å²) in [6, 6.07) is 7.66. The summed E-state index contributed by atoms with van der Waals surface area (Å²) in [7, 11) is 2.86. The van der Waals surface area contributed by atoms with Gasteiger partial charge in [-0.3, -0.25) is 5.41 Å². The molecule has 2 N–H and O–H groups in total. The predicted molar refractivity (Wildman–Crippen MR) is 74.5 cm³/mol. The van der Waals surface area contributed by atoms with Gasteiger partial charge in [0, 0.05) is 5.56 Å². The molecule has 0 saturated carbocycles. The topological polar surface area (TPSA) is 105 Å². The summed E-state index contributed by atoms with van der Waals surface area (Å²) in [4.78, 5) is 19.3. The third-order valence-electron chi connectivity index (χ3n) is 2.75. The van der Waals surface area contributed by atoms with Crippen molar-refractivity contribution < 1.29 is 19.4 Å². The molecule has 1 aromatic carbocycles. The number of methoxy groups -OCH3 is 2. The molecule has 0 aliphatic carbocycles. The van der Waals surface area contributed by atoms with E-state index in [-0.39, 0.29) is 34.4 Å². The Morgan fingerprint density at radius 2 is 1.62 bits per heavy atom. The first-order chi connectivity index (χ1) is 10.1. The van der Waals surface area contributed by atoms with Crippen LogP contribution in [-0.2, 0) is 0 Å². The number of rotatable bonds is 5. The van der Waals surface area contributed by atoms with Crippen molar-refractivity contribution in [3.8, 4) is 11.8 Å². The Labute approximate surface area is 120 Å². The van der Waals surface area contributed by atoms with E-state index in [4.69, 9.17) is 14.9 Å². The number of nitrogens with one attached hydrogen (secondary N) is 1. The average Bonchev–Trinajstić information content (AvgIpc) is 2.53. The number of nitrogens with zero attached hydrogens (tertiary/aromatic N) is 2. The van der Waals surface area contributed by atoms with Gasteiger partial charge in [0.2, 0.25) is 11.8 Å². The first-order valence-corrected chi connectivity index (χ1v) is 5.95. The highest BCUT2D eigenvalue weighted by Gasteiger charge is 2.18. The SMILES string of the molecule is COc1cc(OC)nc(C(=N)c2ccccc2C(=O)O)n1. The van der Waals surface area contributed by atoms with Gasteiger partial charge in [0.1, 0.15) is 5.71 Å². The van der Waals surface area contributed by atoms with Crippen molar-refractivity contribution in [1.82, 2.24) is 9.97 Å². The van der Waals surface area contributed by atoms with Gasteiger partial charge in [-0.05, 0) is 6.07 Å². The van der Waals surface area contributed by atoms with Crippen LogP contribution < -0.4 is 9.47 Å². The Morgan fingerprint density at radius 1 is 1.10 bits per heavy atom. The van der Waals surface area contributed by atoms with E-state index in [2.05, 4.69) is 9.97 Å². The molecule has 7 heteroatoms. The summed E-state index contributed by atoms with van der Waals surface area (Å²) in [6.45, 7) is 0. The van der Waals surface area contributed by atoms with Gasteiger partial charge >= 0.3 is 5.97 Å². The third-order valence-corrected chi connectivity index (χ3v) is 2.75. The summed E-state index contributed by atoms with van der Waals surface area (Å²) >= 11 is 0. The molecule has 0 saturated heterocycles. The van der Waals surface area contributed by atoms with E-state index < -0.39 is 5.97 Å². The lowest BCUT2D eigenvalue weighted by Gasteiger charge is -2.09. The molecular weight excluding hydrogens is 274 g/mol. The van der Waals surface area contributed by atoms with E-state index in [0.29, 0.717) is 0 Å². The fourth-order valence-electron chi connectivity index (χ4n) is 1.73. The number of hydrogen-bond acceptors (Lipinski definition) is 6. The first kappa shape index (κ1) is 14.4. The van der Waals surface area contributed by atoms with Crippen molar-refractivity contribution >= 4 is 11.7 Å². The Bertz CT molecular complexity index is 678. The zero-order valence-corrected chi connectivity index (χ0v) is 11.5. The number of aromatic nitrogens is 2. The average molecular weight is 287 g/mol. The highest BCUT2D eigenvalue weighted by molar-refractivity contribution is 6.13. The standard InChI is InChI=1S/C14H13N3O4/c1-20-10-7-11(21-2)17-13(16-10)12(15)8-5-3-4-6-9(8)14(18)19/h3-7,15H,1-2H3,(H,18,19). The highest BCUT2D eigenvalue weighted by atomic mass is 16.5. The molecule has 1 aromatic heterocycles. The zero-order valence-electron chi connectivity index (χ0n) is 11.5. The molecule has 2 aromatic rings. The number of hydrogen-bond donors (Lipinski definition) is 2. The Hall–Kier alpha value is -2.96. The second-order valence-electron chi connectivity index (χ2n) is 4.00. The summed E-state index contributed by atoms with van der Waals surface area (Å²) in [5.74, 6) is -0.631. The number of carboxylic acid groups (broad SMARTS) is 1. The molecular formula is C14H13N3O4. The third kappa shape index (κ3) is 2.97. The smallest absolute Gasteiger partial charge is 0.336 e. The van der Waals surface area contributed by atoms with Gasteiger partial charge in [0.05, 0.1) is 25.8 Å². The van der Waals surface area contributed by atoms with Crippen LogP contribution in [0.3, 0.4) is 0 Å². The summed E-state index contributed by atoms with van der Waals surface area (Å²) < 4.78 is 10.0. The molecule has 2 rings (SSSR count). The molecule has 0 aliphatic heterocycles. The quantitative estimate of drug-likeness (QED) is 0.809. The van der Waals surface area contributed by atoms with Gasteiger partial charge in [0.25, 0.3) is 0 Å². The molecule has 0 aliphatic rings. The Morgan fingerprint density at radius 3 is 2.10 bits per heavy atom. The Balaban J connectivity index is 2.52. The fraction of sp³-hybridized carbons (Fsp3) is 0.143. The van der Waals surface area contributed by atoms with E-state index in [1.54, 1.807) is 12.1 Å². The van der Waals surface area contributed by atoms with Crippen LogP contribution in [0.25, 0.3) is 0 Å². The van der Waals surface area contributed by atoms with Gasteiger partial charge < -0.3 is 14.6 Å². The van der Waals surface area contributed by atoms with Crippen LogP contribution in [-0.4, -0.2) is 41.0 Å². The van der Waals surface area contributed by atoms with Crippen molar-refractivity contribution in [3.63, 3.8) is 0 Å². The van der Waals surface area contributed by atoms with Crippen LogP contribution in [0, 0.1) is 5.41 Å². The molecule has 1 heterocycles. The monoisotopic (exact) mass is 287 g/mol. The van der Waals surface area contributed by atoms with Gasteiger partial charge in [-0.1, -0.05) is 18.2 Å². The minimum absolute atomic E-state index is 0.00730. The number of carbonyl (C=O) groups is 1. The van der Waals surface area contributed by atoms with E-state index in [9.17, 15) is 9.90 Å². The van der Waals surface area contributed by atoms with Gasteiger partial charge in [0.15, 0.2) is 5.82 Å². The first-order valence-electron chi connectivity index (χ1n) is 5.95. The number of carboxylic acids is 1. The minimum Gasteiger partial charge on any atom is -0.481 e. The summed E-state index contributed by atoms with van der Waals surface area (Å²) in [5, 5.41) is 17.3. The lowest BCUT2D eigenvalue weighted by molar-refractivity contribution is 0.0696. The molecule has 108 valence electrons. The molecule has 0 amide bonds. The van der Waals surface area contributed by atoms with Crippen LogP contribution in [0.2, 0.25) is 0 Å². The summed E-state index contributed by atoms with van der Waals surface area (Å²) in [6.07, 6.45) is 0. The molecule has 21 heavy (non-hydrogen) atoms. The number of aromatic carboxylic acids is 1. The van der Waals surface area contributed by atoms with Crippen LogP contribution in [0.15, 0.2) is 30.3 Å². The minimum atomic E-state index is -1.12. The normalized spacial score (nSPS) is 10.0. The van der Waals surface area contributed by atoms with Crippen molar-refractivity contribution in [2.45, 2.75) is 0 Å². The van der Waals surface area contributed by atoms with Gasteiger partial charge in [-0.25, -0.2) is 4.79 Å². The zero-order chi connectivity index (χ0) is 15.4. The Kier molecular flexibility index (Phi) is 4.13. The van der Waals surface area contributed by atoms with Crippen LogP contribution in [0.4, 0.5) is 0 Å².